The second kappa shape index (κ2) is 7.16. The Hall–Kier alpha value is -0.520. The van der Waals surface area contributed by atoms with E-state index in [1.54, 1.807) is 0 Å². The molecule has 0 aliphatic carbocycles. The Morgan fingerprint density at radius 3 is 3.00 bits per heavy atom. The molecule has 1 aromatic rings. The molecular weight excluding hydrogens is 282 g/mol. The van der Waals surface area contributed by atoms with Gasteiger partial charge in [-0.05, 0) is 44.9 Å². The molecule has 0 N–H and O–H groups in total. The van der Waals surface area contributed by atoms with Gasteiger partial charge in [0.15, 0.2) is 0 Å². The zero-order chi connectivity index (χ0) is 14.7. The van der Waals surface area contributed by atoms with Gasteiger partial charge in [-0.2, -0.15) is 16.9 Å². The van der Waals surface area contributed by atoms with Crippen LogP contribution < -0.4 is 0 Å². The molecule has 2 saturated heterocycles. The summed E-state index contributed by atoms with van der Waals surface area (Å²) in [5, 5.41) is 4.72. The molecular formula is C16H27N3OS. The summed E-state index contributed by atoms with van der Waals surface area (Å²) in [5.41, 5.74) is 1.19. The molecule has 0 radical (unpaired) electrons. The first-order chi connectivity index (χ1) is 10.2. The van der Waals surface area contributed by atoms with E-state index in [1.165, 1.54) is 36.5 Å². The van der Waals surface area contributed by atoms with Crippen LogP contribution in [0.2, 0.25) is 0 Å². The Kier molecular flexibility index (Phi) is 5.24. The van der Waals surface area contributed by atoms with Crippen molar-refractivity contribution in [2.75, 3.05) is 24.7 Å². The maximum atomic E-state index is 5.85. The second-order valence-electron chi connectivity index (χ2n) is 6.46. The van der Waals surface area contributed by atoms with E-state index < -0.39 is 0 Å². The van der Waals surface area contributed by atoms with Gasteiger partial charge in [-0.3, -0.25) is 9.58 Å². The molecule has 2 unspecified atom stereocenters. The van der Waals surface area contributed by atoms with Crippen LogP contribution in [0.15, 0.2) is 12.3 Å². The quantitative estimate of drug-likeness (QED) is 0.808. The van der Waals surface area contributed by atoms with Crippen molar-refractivity contribution in [1.29, 1.82) is 0 Å². The molecule has 21 heavy (non-hydrogen) atoms. The molecule has 0 spiro atoms. The predicted octanol–water partition coefficient (Wildman–Crippen LogP) is 2.95. The molecule has 0 amide bonds. The first-order valence-corrected chi connectivity index (χ1v) is 9.35. The molecule has 2 fully saturated rings. The molecule has 0 saturated carbocycles. The number of aromatic nitrogens is 2. The monoisotopic (exact) mass is 309 g/mol. The van der Waals surface area contributed by atoms with Crippen molar-refractivity contribution in [3.05, 3.63) is 18.0 Å². The van der Waals surface area contributed by atoms with Gasteiger partial charge in [-0.15, -0.1) is 0 Å². The van der Waals surface area contributed by atoms with Crippen molar-refractivity contribution in [2.24, 2.45) is 0 Å². The van der Waals surface area contributed by atoms with Crippen LogP contribution in [-0.4, -0.2) is 51.5 Å². The number of hydrogen-bond acceptors (Lipinski definition) is 4. The summed E-state index contributed by atoms with van der Waals surface area (Å²) in [5.74, 6) is 2.56. The lowest BCUT2D eigenvalue weighted by Gasteiger charge is -2.29. The first-order valence-electron chi connectivity index (χ1n) is 8.20. The van der Waals surface area contributed by atoms with E-state index in [-0.39, 0.29) is 0 Å². The zero-order valence-corrected chi connectivity index (χ0v) is 14.0. The third-order valence-corrected chi connectivity index (χ3v) is 5.59. The van der Waals surface area contributed by atoms with Crippen LogP contribution in [0.1, 0.15) is 44.8 Å². The molecule has 2 aliphatic heterocycles. The van der Waals surface area contributed by atoms with Gasteiger partial charge in [0, 0.05) is 43.7 Å². The summed E-state index contributed by atoms with van der Waals surface area (Å²) < 4.78 is 7.91. The van der Waals surface area contributed by atoms with Gasteiger partial charge in [0.05, 0.1) is 11.8 Å². The van der Waals surface area contributed by atoms with Crippen LogP contribution in [0.25, 0.3) is 0 Å². The Labute approximate surface area is 132 Å². The van der Waals surface area contributed by atoms with Crippen molar-refractivity contribution in [3.8, 4) is 0 Å². The van der Waals surface area contributed by atoms with Crippen molar-refractivity contribution >= 4 is 11.8 Å². The van der Waals surface area contributed by atoms with Gasteiger partial charge in [-0.1, -0.05) is 0 Å². The number of ether oxygens (including phenoxy) is 1. The Balaban J connectivity index is 1.64. The van der Waals surface area contributed by atoms with E-state index in [0.717, 1.165) is 19.7 Å². The summed E-state index contributed by atoms with van der Waals surface area (Å²) in [6.07, 6.45) is 6.29. The molecule has 2 aliphatic rings. The van der Waals surface area contributed by atoms with Gasteiger partial charge >= 0.3 is 0 Å². The largest absolute Gasteiger partial charge is 0.377 e. The summed E-state index contributed by atoms with van der Waals surface area (Å²) in [6, 6.07) is 3.31. The number of hydrogen-bond donors (Lipinski definition) is 0. The third-order valence-electron chi connectivity index (χ3n) is 4.44. The van der Waals surface area contributed by atoms with Crippen LogP contribution in [0, 0.1) is 0 Å². The van der Waals surface area contributed by atoms with Crippen LogP contribution in [0.4, 0.5) is 0 Å². The lowest BCUT2D eigenvalue weighted by Crippen LogP contribution is -2.40. The van der Waals surface area contributed by atoms with E-state index >= 15 is 0 Å². The lowest BCUT2D eigenvalue weighted by molar-refractivity contribution is 0.0569. The maximum Gasteiger partial charge on any atom is 0.0765 e. The molecule has 0 aromatic carbocycles. The molecule has 4 nitrogen and oxygen atoms in total. The number of thioether (sulfide) groups is 1. The molecule has 3 heterocycles. The smallest absolute Gasteiger partial charge is 0.0765 e. The van der Waals surface area contributed by atoms with Gasteiger partial charge in [0.25, 0.3) is 0 Å². The molecule has 1 aromatic heterocycles. The number of nitrogens with zero attached hydrogens (tertiary/aromatic N) is 3. The molecule has 118 valence electrons. The maximum absolute atomic E-state index is 5.85. The predicted molar refractivity (Wildman–Crippen MR) is 87.7 cm³/mol. The minimum absolute atomic E-state index is 0.433. The van der Waals surface area contributed by atoms with Crippen molar-refractivity contribution < 1.29 is 4.74 Å². The topological polar surface area (TPSA) is 30.3 Å². The minimum atomic E-state index is 0.433. The zero-order valence-electron chi connectivity index (χ0n) is 13.2. The van der Waals surface area contributed by atoms with E-state index in [0.29, 0.717) is 18.2 Å². The molecule has 0 bridgehead atoms. The van der Waals surface area contributed by atoms with Crippen molar-refractivity contribution in [3.63, 3.8) is 0 Å². The van der Waals surface area contributed by atoms with Gasteiger partial charge in [0.1, 0.15) is 0 Å². The highest BCUT2D eigenvalue weighted by Gasteiger charge is 2.27. The van der Waals surface area contributed by atoms with Crippen LogP contribution in [0.5, 0.6) is 0 Å². The fraction of sp³-hybridized carbons (Fsp3) is 0.812. The van der Waals surface area contributed by atoms with Crippen LogP contribution >= 0.6 is 11.8 Å². The Morgan fingerprint density at radius 2 is 2.38 bits per heavy atom. The summed E-state index contributed by atoms with van der Waals surface area (Å²) in [4.78, 5) is 2.61. The minimum Gasteiger partial charge on any atom is -0.377 e. The lowest BCUT2D eigenvalue weighted by atomic mass is 10.1. The standard InChI is InChI=1S/C16H27N3OS/c1-13(2)19-7-5-14(17-19)10-18(15-6-9-21-12-15)11-16-4-3-8-20-16/h5,7,13,15-16H,3-4,6,8-12H2,1-2H3. The summed E-state index contributed by atoms with van der Waals surface area (Å²) in [6.45, 7) is 7.33. The SMILES string of the molecule is CC(C)n1ccc(CN(CC2CCCO2)C2CCSC2)n1. The molecule has 3 rings (SSSR count). The summed E-state index contributed by atoms with van der Waals surface area (Å²) in [7, 11) is 0. The fourth-order valence-electron chi connectivity index (χ4n) is 3.16. The molecule has 2 atom stereocenters. The highest BCUT2D eigenvalue weighted by Crippen LogP contribution is 2.25. The normalized spacial score (nSPS) is 26.3. The number of rotatable bonds is 6. The van der Waals surface area contributed by atoms with Crippen molar-refractivity contribution in [2.45, 2.75) is 57.8 Å². The molecule has 5 heteroatoms. The summed E-state index contributed by atoms with van der Waals surface area (Å²) >= 11 is 2.08. The highest BCUT2D eigenvalue weighted by atomic mass is 32.2. The van der Waals surface area contributed by atoms with Gasteiger partial charge < -0.3 is 4.74 Å². The third kappa shape index (κ3) is 4.02. The Bertz CT molecular complexity index is 436. The van der Waals surface area contributed by atoms with Gasteiger partial charge in [0.2, 0.25) is 0 Å². The average molecular weight is 309 g/mol. The second-order valence-corrected chi connectivity index (χ2v) is 7.61. The first kappa shape index (κ1) is 15.4. The van der Waals surface area contributed by atoms with E-state index in [2.05, 4.69) is 47.5 Å². The van der Waals surface area contributed by atoms with E-state index in [4.69, 9.17) is 9.84 Å². The van der Waals surface area contributed by atoms with Crippen molar-refractivity contribution in [1.82, 2.24) is 14.7 Å². The van der Waals surface area contributed by atoms with Crippen LogP contribution in [-0.2, 0) is 11.3 Å². The van der Waals surface area contributed by atoms with E-state index in [9.17, 15) is 0 Å². The van der Waals surface area contributed by atoms with Gasteiger partial charge in [-0.25, -0.2) is 0 Å². The fourth-order valence-corrected chi connectivity index (χ4v) is 4.42. The Morgan fingerprint density at radius 1 is 1.48 bits per heavy atom. The highest BCUT2D eigenvalue weighted by molar-refractivity contribution is 7.99. The van der Waals surface area contributed by atoms with E-state index in [1.807, 2.05) is 0 Å². The average Bonchev–Trinajstić information content (AvgIpc) is 3.21. The van der Waals surface area contributed by atoms with Crippen LogP contribution in [0.3, 0.4) is 0 Å².